The van der Waals surface area contributed by atoms with Gasteiger partial charge in [-0.15, -0.1) is 11.3 Å². The van der Waals surface area contributed by atoms with E-state index in [0.29, 0.717) is 54.4 Å². The van der Waals surface area contributed by atoms with Crippen molar-refractivity contribution < 1.29 is 24.5 Å². The van der Waals surface area contributed by atoms with Crippen molar-refractivity contribution >= 4 is 28.2 Å². The number of aromatic carboxylic acids is 1. The van der Waals surface area contributed by atoms with Gasteiger partial charge in [0.1, 0.15) is 17.0 Å². The second kappa shape index (κ2) is 8.14. The smallest absolute Gasteiger partial charge is 0.338 e. The molecule has 2 aromatic rings. The SMILES string of the molecule is O=C(O)c1c(NC2CCCCO2)sc2c1C[C@@H](CN1Cc3c(O)cccc3C1=O)NC2. The fraction of sp³-hybridized carbons (Fsp3) is 0.455. The van der Waals surface area contributed by atoms with E-state index in [0.717, 1.165) is 29.7 Å². The number of amides is 1. The van der Waals surface area contributed by atoms with Crippen LogP contribution >= 0.6 is 11.3 Å². The summed E-state index contributed by atoms with van der Waals surface area (Å²) in [5.41, 5.74) is 2.36. The summed E-state index contributed by atoms with van der Waals surface area (Å²) in [6, 6.07) is 4.95. The Balaban J connectivity index is 1.33. The Bertz CT molecular complexity index is 1030. The van der Waals surface area contributed by atoms with E-state index in [1.807, 2.05) is 0 Å². The average Bonchev–Trinajstić information content (AvgIpc) is 3.27. The van der Waals surface area contributed by atoms with Gasteiger partial charge in [0.05, 0.1) is 12.1 Å². The second-order valence-corrected chi connectivity index (χ2v) is 9.39. The zero-order chi connectivity index (χ0) is 21.5. The number of hydrogen-bond donors (Lipinski definition) is 4. The summed E-state index contributed by atoms with van der Waals surface area (Å²) in [6.45, 7) is 2.08. The molecule has 1 aromatic heterocycles. The molecule has 4 N–H and O–H groups in total. The lowest BCUT2D eigenvalue weighted by atomic mass is 9.97. The molecule has 31 heavy (non-hydrogen) atoms. The van der Waals surface area contributed by atoms with Crippen LogP contribution in [-0.4, -0.2) is 52.4 Å². The minimum atomic E-state index is -0.939. The number of phenolic OH excluding ortho intramolecular Hbond substituents is 1. The number of nitrogens with zero attached hydrogens (tertiary/aromatic N) is 1. The van der Waals surface area contributed by atoms with Crippen LogP contribution in [0.1, 0.15) is 56.0 Å². The summed E-state index contributed by atoms with van der Waals surface area (Å²) in [4.78, 5) is 27.6. The average molecular weight is 444 g/mol. The fourth-order valence-corrected chi connectivity index (χ4v) is 5.89. The van der Waals surface area contributed by atoms with E-state index in [1.165, 1.54) is 11.3 Å². The first-order valence-corrected chi connectivity index (χ1v) is 11.4. The Morgan fingerprint density at radius 3 is 2.94 bits per heavy atom. The molecular weight excluding hydrogens is 418 g/mol. The van der Waals surface area contributed by atoms with Gasteiger partial charge in [-0.25, -0.2) is 4.79 Å². The quantitative estimate of drug-likeness (QED) is 0.562. The number of carboxylic acid groups (broad SMARTS) is 1. The largest absolute Gasteiger partial charge is 0.508 e. The fourth-order valence-electron chi connectivity index (χ4n) is 4.67. The van der Waals surface area contributed by atoms with Crippen LogP contribution < -0.4 is 10.6 Å². The van der Waals surface area contributed by atoms with E-state index in [1.54, 1.807) is 23.1 Å². The molecule has 1 saturated heterocycles. The van der Waals surface area contributed by atoms with Crippen molar-refractivity contribution in [3.8, 4) is 5.75 Å². The van der Waals surface area contributed by atoms with Gasteiger partial charge >= 0.3 is 5.97 Å². The van der Waals surface area contributed by atoms with Gasteiger partial charge < -0.3 is 30.5 Å². The number of benzene rings is 1. The zero-order valence-electron chi connectivity index (χ0n) is 17.0. The Labute approximate surface area is 183 Å². The lowest BCUT2D eigenvalue weighted by Gasteiger charge is -2.28. The van der Waals surface area contributed by atoms with Crippen LogP contribution in [0.3, 0.4) is 0 Å². The maximum Gasteiger partial charge on any atom is 0.338 e. The number of carboxylic acids is 1. The van der Waals surface area contributed by atoms with E-state index in [2.05, 4.69) is 10.6 Å². The van der Waals surface area contributed by atoms with E-state index in [9.17, 15) is 19.8 Å². The molecule has 0 saturated carbocycles. The maximum absolute atomic E-state index is 12.7. The van der Waals surface area contributed by atoms with Crippen LogP contribution in [0.4, 0.5) is 5.00 Å². The summed E-state index contributed by atoms with van der Waals surface area (Å²) < 4.78 is 5.73. The van der Waals surface area contributed by atoms with Crippen LogP contribution in [0, 0.1) is 0 Å². The van der Waals surface area contributed by atoms with Crippen molar-refractivity contribution in [2.45, 2.75) is 51.0 Å². The van der Waals surface area contributed by atoms with Crippen molar-refractivity contribution in [2.24, 2.45) is 0 Å². The third-order valence-corrected chi connectivity index (χ3v) is 7.40. The molecule has 4 heterocycles. The monoisotopic (exact) mass is 443 g/mol. The third kappa shape index (κ3) is 3.77. The van der Waals surface area contributed by atoms with E-state index in [4.69, 9.17) is 4.74 Å². The molecule has 9 heteroatoms. The van der Waals surface area contributed by atoms with Gasteiger partial charge in [-0.05, 0) is 43.4 Å². The van der Waals surface area contributed by atoms with Crippen molar-refractivity contribution in [3.63, 3.8) is 0 Å². The van der Waals surface area contributed by atoms with Crippen LogP contribution in [0.25, 0.3) is 0 Å². The summed E-state index contributed by atoms with van der Waals surface area (Å²) in [6.07, 6.45) is 3.35. The highest BCUT2D eigenvalue weighted by Crippen LogP contribution is 2.38. The number of anilines is 1. The number of fused-ring (bicyclic) bond motifs is 2. The Hall–Kier alpha value is -2.62. The molecular formula is C22H25N3O5S. The lowest BCUT2D eigenvalue weighted by molar-refractivity contribution is 0.0344. The van der Waals surface area contributed by atoms with Crippen LogP contribution in [0.15, 0.2) is 18.2 Å². The molecule has 1 amide bonds. The summed E-state index contributed by atoms with van der Waals surface area (Å²) in [5.74, 6) is -0.899. The molecule has 164 valence electrons. The zero-order valence-corrected chi connectivity index (χ0v) is 17.8. The highest BCUT2D eigenvalue weighted by atomic mass is 32.1. The normalized spacial score (nSPS) is 22.8. The van der Waals surface area contributed by atoms with Crippen molar-refractivity contribution in [3.05, 3.63) is 45.3 Å². The van der Waals surface area contributed by atoms with Gasteiger partial charge in [0.15, 0.2) is 0 Å². The molecule has 8 nitrogen and oxygen atoms in total. The molecule has 5 rings (SSSR count). The number of carbonyl (C=O) groups is 2. The topological polar surface area (TPSA) is 111 Å². The Morgan fingerprint density at radius 2 is 2.19 bits per heavy atom. The highest BCUT2D eigenvalue weighted by Gasteiger charge is 2.34. The van der Waals surface area contributed by atoms with Crippen molar-refractivity contribution in [2.75, 3.05) is 18.5 Å². The standard InChI is InChI=1S/C22H25N3O5S/c26-16-5-3-4-13-15(16)11-25(21(13)27)10-12-8-14-17(9-23-12)31-20(19(14)22(28)29)24-18-6-1-2-7-30-18/h3-5,12,18,23-24,26H,1-2,6-11H2,(H,28,29)/t12-,18?/m0/s1. The van der Waals surface area contributed by atoms with E-state index >= 15 is 0 Å². The first kappa shape index (κ1) is 20.3. The number of aromatic hydroxyl groups is 1. The number of ether oxygens (including phenoxy) is 1. The molecule has 3 aliphatic heterocycles. The Morgan fingerprint density at radius 1 is 1.32 bits per heavy atom. The summed E-state index contributed by atoms with van der Waals surface area (Å²) in [7, 11) is 0. The maximum atomic E-state index is 12.7. The number of rotatable bonds is 5. The minimum absolute atomic E-state index is 0.0561. The second-order valence-electron chi connectivity index (χ2n) is 8.28. The summed E-state index contributed by atoms with van der Waals surface area (Å²) in [5, 5.41) is 27.4. The van der Waals surface area contributed by atoms with Gasteiger partial charge in [0.2, 0.25) is 0 Å². The number of nitrogens with one attached hydrogen (secondary N) is 2. The summed E-state index contributed by atoms with van der Waals surface area (Å²) >= 11 is 1.47. The van der Waals surface area contributed by atoms with Gasteiger partial charge in [-0.1, -0.05) is 6.07 Å². The number of thiophene rings is 1. The molecule has 0 spiro atoms. The molecule has 2 atom stereocenters. The third-order valence-electron chi connectivity index (χ3n) is 6.24. The molecule has 3 aliphatic rings. The number of carbonyl (C=O) groups excluding carboxylic acids is 1. The van der Waals surface area contributed by atoms with Crippen LogP contribution in [0.5, 0.6) is 5.75 Å². The van der Waals surface area contributed by atoms with Gasteiger partial charge in [-0.3, -0.25) is 4.79 Å². The minimum Gasteiger partial charge on any atom is -0.508 e. The van der Waals surface area contributed by atoms with Crippen LogP contribution in [-0.2, 0) is 24.2 Å². The first-order valence-electron chi connectivity index (χ1n) is 10.6. The molecule has 1 fully saturated rings. The van der Waals surface area contributed by atoms with E-state index < -0.39 is 5.97 Å². The molecule has 0 radical (unpaired) electrons. The van der Waals surface area contributed by atoms with Crippen molar-refractivity contribution in [1.29, 1.82) is 0 Å². The van der Waals surface area contributed by atoms with Crippen LogP contribution in [0.2, 0.25) is 0 Å². The predicted octanol–water partition coefficient (Wildman–Crippen LogP) is 2.76. The van der Waals surface area contributed by atoms with E-state index in [-0.39, 0.29) is 23.9 Å². The van der Waals surface area contributed by atoms with Gasteiger partial charge in [-0.2, -0.15) is 0 Å². The molecule has 0 aliphatic carbocycles. The molecule has 1 aromatic carbocycles. The lowest BCUT2D eigenvalue weighted by Crippen LogP contribution is -2.44. The van der Waals surface area contributed by atoms with Gasteiger partial charge in [0.25, 0.3) is 5.91 Å². The first-order chi connectivity index (χ1) is 15.0. The predicted molar refractivity (Wildman–Crippen MR) is 116 cm³/mol. The highest BCUT2D eigenvalue weighted by molar-refractivity contribution is 7.16. The Kier molecular flexibility index (Phi) is 5.33. The number of phenols is 1. The van der Waals surface area contributed by atoms with Crippen molar-refractivity contribution in [1.82, 2.24) is 10.2 Å². The molecule has 1 unspecified atom stereocenters. The molecule has 0 bridgehead atoms. The number of hydrogen-bond acceptors (Lipinski definition) is 7. The van der Waals surface area contributed by atoms with Gasteiger partial charge in [0, 0.05) is 41.7 Å².